The number of piperidine rings is 1. The van der Waals surface area contributed by atoms with E-state index >= 15 is 0 Å². The summed E-state index contributed by atoms with van der Waals surface area (Å²) in [5.41, 5.74) is 0. The van der Waals surface area contributed by atoms with E-state index in [0.717, 1.165) is 43.3 Å². The van der Waals surface area contributed by atoms with Crippen molar-refractivity contribution in [2.24, 2.45) is 5.92 Å². The van der Waals surface area contributed by atoms with Crippen molar-refractivity contribution in [3.63, 3.8) is 0 Å². The van der Waals surface area contributed by atoms with E-state index in [1.54, 1.807) is 25.6 Å². The molecule has 1 aliphatic rings. The van der Waals surface area contributed by atoms with Crippen molar-refractivity contribution in [2.75, 3.05) is 43.6 Å². The largest absolute Gasteiger partial charge is 0.385 e. The predicted molar refractivity (Wildman–Crippen MR) is 120 cm³/mol. The van der Waals surface area contributed by atoms with E-state index in [1.807, 2.05) is 6.07 Å². The van der Waals surface area contributed by atoms with E-state index in [9.17, 15) is 0 Å². The van der Waals surface area contributed by atoms with Gasteiger partial charge in [0, 0.05) is 51.8 Å². The van der Waals surface area contributed by atoms with Gasteiger partial charge in [-0.25, -0.2) is 15.0 Å². The third-order valence-electron chi connectivity index (χ3n) is 4.44. The predicted octanol–water partition coefficient (Wildman–Crippen LogP) is 2.98. The van der Waals surface area contributed by atoms with Crippen LogP contribution < -0.4 is 15.5 Å². The second-order valence-corrected chi connectivity index (χ2v) is 8.34. The fraction of sp³-hybridized carbons (Fsp3) is 0.526. The van der Waals surface area contributed by atoms with E-state index < -0.39 is 0 Å². The Bertz CT molecular complexity index is 793. The average molecular weight is 434 g/mol. The molecule has 0 radical (unpaired) electrons. The number of thiocarbonyl (C=S) groups is 1. The van der Waals surface area contributed by atoms with Gasteiger partial charge in [-0.2, -0.15) is 4.98 Å². The second kappa shape index (κ2) is 11.2. The summed E-state index contributed by atoms with van der Waals surface area (Å²) in [7, 11) is 1.69. The summed E-state index contributed by atoms with van der Waals surface area (Å²) in [5.74, 6) is 2.02. The number of aromatic nitrogens is 4. The van der Waals surface area contributed by atoms with E-state index in [4.69, 9.17) is 21.9 Å². The molecule has 29 heavy (non-hydrogen) atoms. The summed E-state index contributed by atoms with van der Waals surface area (Å²) < 4.78 is 5.06. The molecule has 1 saturated heterocycles. The molecule has 0 amide bonds. The smallest absolute Gasteiger partial charge is 0.232 e. The van der Waals surface area contributed by atoms with Crippen molar-refractivity contribution < 1.29 is 4.74 Å². The highest BCUT2D eigenvalue weighted by Gasteiger charge is 2.20. The Balaban J connectivity index is 1.75. The summed E-state index contributed by atoms with van der Waals surface area (Å²) in [6, 6.07) is 3.80. The van der Waals surface area contributed by atoms with Gasteiger partial charge in [0.25, 0.3) is 0 Å². The molecule has 0 aliphatic carbocycles. The molecule has 10 heteroatoms. The zero-order valence-electron chi connectivity index (χ0n) is 16.8. The van der Waals surface area contributed by atoms with Gasteiger partial charge in [0.05, 0.1) is 0 Å². The summed E-state index contributed by atoms with van der Waals surface area (Å²) >= 11 is 6.80. The quantitative estimate of drug-likeness (QED) is 0.280. The first-order chi connectivity index (χ1) is 14.1. The maximum Gasteiger partial charge on any atom is 0.232 e. The first-order valence-corrected chi connectivity index (χ1v) is 11.0. The molecule has 1 atom stereocenters. The van der Waals surface area contributed by atoms with Crippen molar-refractivity contribution in [2.45, 2.75) is 36.4 Å². The first kappa shape index (κ1) is 21.7. The highest BCUT2D eigenvalue weighted by atomic mass is 32.2. The number of nitrogens with zero attached hydrogens (tertiary/aromatic N) is 5. The van der Waals surface area contributed by atoms with Gasteiger partial charge in [-0.1, -0.05) is 6.92 Å². The topological polar surface area (TPSA) is 88.1 Å². The SMILES string of the molecule is COCCCNC(=S)Nc1nc(Sc2ncccn2)cc(N2CCC[C@H](C)C2)n1. The highest BCUT2D eigenvalue weighted by molar-refractivity contribution is 7.99. The Labute approximate surface area is 181 Å². The van der Waals surface area contributed by atoms with E-state index in [-0.39, 0.29) is 0 Å². The number of rotatable bonds is 8. The average Bonchev–Trinajstić information content (AvgIpc) is 2.72. The third kappa shape index (κ3) is 7.06. The maximum atomic E-state index is 5.39. The lowest BCUT2D eigenvalue weighted by Gasteiger charge is -2.32. The third-order valence-corrected chi connectivity index (χ3v) is 5.50. The molecule has 0 spiro atoms. The minimum Gasteiger partial charge on any atom is -0.385 e. The van der Waals surface area contributed by atoms with Crippen LogP contribution in [0.25, 0.3) is 0 Å². The van der Waals surface area contributed by atoms with Crippen LogP contribution in [0.15, 0.2) is 34.7 Å². The standard InChI is InChI=1S/C19H27N7OS2/c1-14-6-3-10-26(13-14)15-12-16(29-19-21-7-4-8-22-19)24-17(23-15)25-18(28)20-9-5-11-27-2/h4,7-8,12,14H,3,5-6,9-11,13H2,1-2H3,(H2,20,23,24,25,28)/t14-/m0/s1. The van der Waals surface area contributed by atoms with Gasteiger partial charge in [0.1, 0.15) is 10.8 Å². The number of hydrogen-bond donors (Lipinski definition) is 2. The van der Waals surface area contributed by atoms with Gasteiger partial charge in [-0.3, -0.25) is 0 Å². The molecule has 0 saturated carbocycles. The fourth-order valence-corrected chi connectivity index (χ4v) is 3.98. The summed E-state index contributed by atoms with van der Waals surface area (Å²) in [4.78, 5) is 20.2. The van der Waals surface area contributed by atoms with Gasteiger partial charge in [-0.15, -0.1) is 0 Å². The Morgan fingerprint density at radius 3 is 2.93 bits per heavy atom. The monoisotopic (exact) mass is 433 g/mol. The van der Waals surface area contributed by atoms with Gasteiger partial charge < -0.3 is 20.3 Å². The van der Waals surface area contributed by atoms with Crippen molar-refractivity contribution in [1.82, 2.24) is 25.3 Å². The number of ether oxygens (including phenoxy) is 1. The normalized spacial score (nSPS) is 16.5. The van der Waals surface area contributed by atoms with Crippen LogP contribution in [0, 0.1) is 5.92 Å². The molecule has 1 fully saturated rings. The molecule has 8 nitrogen and oxygen atoms in total. The van der Waals surface area contributed by atoms with Gasteiger partial charge in [0.2, 0.25) is 5.95 Å². The fourth-order valence-electron chi connectivity index (χ4n) is 3.08. The molecular formula is C19H27N7OS2. The lowest BCUT2D eigenvalue weighted by molar-refractivity contribution is 0.196. The summed E-state index contributed by atoms with van der Waals surface area (Å²) in [6.45, 7) is 5.67. The first-order valence-electron chi connectivity index (χ1n) is 9.76. The van der Waals surface area contributed by atoms with Crippen LogP contribution in [0.5, 0.6) is 0 Å². The van der Waals surface area contributed by atoms with Crippen LogP contribution >= 0.6 is 24.0 Å². The highest BCUT2D eigenvalue weighted by Crippen LogP contribution is 2.28. The Hall–Kier alpha value is -2.04. The van der Waals surface area contributed by atoms with Crippen molar-refractivity contribution >= 4 is 40.9 Å². The van der Waals surface area contributed by atoms with Crippen LogP contribution in [0.1, 0.15) is 26.2 Å². The molecule has 0 aromatic carbocycles. The van der Waals surface area contributed by atoms with Crippen LogP contribution in [0.2, 0.25) is 0 Å². The van der Waals surface area contributed by atoms with Crippen molar-refractivity contribution in [3.05, 3.63) is 24.5 Å². The lowest BCUT2D eigenvalue weighted by atomic mass is 10.0. The van der Waals surface area contributed by atoms with Gasteiger partial charge in [-0.05, 0) is 55.2 Å². The second-order valence-electron chi connectivity index (χ2n) is 6.94. The summed E-state index contributed by atoms with van der Waals surface area (Å²) in [6.07, 6.45) is 6.74. The molecule has 1 aliphatic heterocycles. The van der Waals surface area contributed by atoms with Crippen LogP contribution in [0.3, 0.4) is 0 Å². The number of methoxy groups -OCH3 is 1. The zero-order valence-corrected chi connectivity index (χ0v) is 18.4. The number of anilines is 2. The molecule has 3 rings (SSSR count). The lowest BCUT2D eigenvalue weighted by Crippen LogP contribution is -2.35. The van der Waals surface area contributed by atoms with Crippen molar-refractivity contribution in [1.29, 1.82) is 0 Å². The molecular weight excluding hydrogens is 406 g/mol. The summed E-state index contributed by atoms with van der Waals surface area (Å²) in [5, 5.41) is 8.20. The van der Waals surface area contributed by atoms with E-state index in [1.165, 1.54) is 18.2 Å². The van der Waals surface area contributed by atoms with E-state index in [0.29, 0.717) is 28.7 Å². The van der Waals surface area contributed by atoms with Crippen LogP contribution in [-0.4, -0.2) is 58.4 Å². The van der Waals surface area contributed by atoms with E-state index in [2.05, 4.69) is 37.4 Å². The zero-order chi connectivity index (χ0) is 20.5. The van der Waals surface area contributed by atoms with Crippen LogP contribution in [-0.2, 0) is 4.74 Å². The maximum absolute atomic E-state index is 5.39. The van der Waals surface area contributed by atoms with Gasteiger partial charge in [0.15, 0.2) is 10.3 Å². The molecule has 0 unspecified atom stereocenters. The molecule has 156 valence electrons. The van der Waals surface area contributed by atoms with Crippen molar-refractivity contribution in [3.8, 4) is 0 Å². The molecule has 2 aromatic heterocycles. The molecule has 3 heterocycles. The number of hydrogen-bond acceptors (Lipinski definition) is 8. The minimum atomic E-state index is 0.475. The molecule has 2 aromatic rings. The Morgan fingerprint density at radius 2 is 2.17 bits per heavy atom. The Morgan fingerprint density at radius 1 is 1.34 bits per heavy atom. The van der Waals surface area contributed by atoms with Crippen LogP contribution in [0.4, 0.5) is 11.8 Å². The Kier molecular flexibility index (Phi) is 8.38. The number of nitrogens with one attached hydrogen (secondary N) is 2. The minimum absolute atomic E-state index is 0.475. The molecule has 2 N–H and O–H groups in total. The molecule has 0 bridgehead atoms. The van der Waals surface area contributed by atoms with Gasteiger partial charge >= 0.3 is 0 Å².